The highest BCUT2D eigenvalue weighted by Crippen LogP contribution is 2.28. The van der Waals surface area contributed by atoms with Crippen LogP contribution in [0.1, 0.15) is 45.7 Å². The molecule has 2 aliphatic heterocycles. The lowest BCUT2D eigenvalue weighted by atomic mass is 9.97. The first-order valence-electron chi connectivity index (χ1n) is 12.7. The molecule has 3 aromatic rings. The summed E-state index contributed by atoms with van der Waals surface area (Å²) in [7, 11) is 0. The first-order valence-corrected chi connectivity index (χ1v) is 12.7. The van der Waals surface area contributed by atoms with E-state index in [-0.39, 0.29) is 5.91 Å². The van der Waals surface area contributed by atoms with E-state index in [1.807, 2.05) is 41.1 Å². The van der Waals surface area contributed by atoms with Gasteiger partial charge in [-0.3, -0.25) is 19.3 Å². The number of likely N-dealkylation sites (tertiary alicyclic amines) is 1. The first-order chi connectivity index (χ1) is 17.2. The van der Waals surface area contributed by atoms with E-state index in [1.54, 1.807) is 0 Å². The summed E-state index contributed by atoms with van der Waals surface area (Å²) in [4.78, 5) is 18.3. The number of nitrogens with one attached hydrogen (secondary N) is 1. The number of aromatic nitrogens is 2. The minimum atomic E-state index is -0.0903. The zero-order valence-electron chi connectivity index (χ0n) is 20.4. The Bertz CT molecular complexity index is 1130. The van der Waals surface area contributed by atoms with Crippen LogP contribution in [-0.2, 0) is 32.6 Å². The molecule has 1 saturated heterocycles. The molecular formula is C29H35N5O. The average molecular weight is 470 g/mol. The highest BCUT2D eigenvalue weighted by Gasteiger charge is 2.32. The Morgan fingerprint density at radius 2 is 1.69 bits per heavy atom. The SMILES string of the molecule is C=CCn1nc(C(=O)NCc2ccccc2)c2c1CCN(C1CCN(Cc3ccccc3)CC1)C2. The van der Waals surface area contributed by atoms with Crippen LogP contribution in [0.25, 0.3) is 0 Å². The molecule has 6 nitrogen and oxygen atoms in total. The van der Waals surface area contributed by atoms with Gasteiger partial charge >= 0.3 is 0 Å². The molecule has 0 radical (unpaired) electrons. The van der Waals surface area contributed by atoms with Gasteiger partial charge in [0.2, 0.25) is 0 Å². The van der Waals surface area contributed by atoms with E-state index in [2.05, 4.69) is 52.0 Å². The largest absolute Gasteiger partial charge is 0.347 e. The maximum atomic E-state index is 13.2. The van der Waals surface area contributed by atoms with Crippen molar-refractivity contribution in [2.24, 2.45) is 0 Å². The fourth-order valence-corrected chi connectivity index (χ4v) is 5.43. The van der Waals surface area contributed by atoms with Crippen LogP contribution in [0.5, 0.6) is 0 Å². The van der Waals surface area contributed by atoms with E-state index >= 15 is 0 Å². The third-order valence-corrected chi connectivity index (χ3v) is 7.30. The minimum Gasteiger partial charge on any atom is -0.347 e. The molecule has 1 amide bonds. The third kappa shape index (κ3) is 5.55. The molecule has 1 N–H and O–H groups in total. The highest BCUT2D eigenvalue weighted by molar-refractivity contribution is 5.94. The highest BCUT2D eigenvalue weighted by atomic mass is 16.2. The van der Waals surface area contributed by atoms with Gasteiger partial charge in [-0.05, 0) is 37.1 Å². The van der Waals surface area contributed by atoms with Crippen LogP contribution < -0.4 is 5.32 Å². The molecule has 35 heavy (non-hydrogen) atoms. The van der Waals surface area contributed by atoms with Gasteiger partial charge in [-0.25, -0.2) is 0 Å². The minimum absolute atomic E-state index is 0.0903. The molecule has 182 valence electrons. The Labute approximate surface area is 208 Å². The molecule has 0 aliphatic carbocycles. The zero-order chi connectivity index (χ0) is 24.0. The Balaban J connectivity index is 1.24. The number of carbonyl (C=O) groups is 1. The molecule has 2 aliphatic rings. The number of hydrogen-bond donors (Lipinski definition) is 1. The molecular weight excluding hydrogens is 434 g/mol. The van der Waals surface area contributed by atoms with Crippen molar-refractivity contribution in [3.63, 3.8) is 0 Å². The first kappa shape index (κ1) is 23.5. The van der Waals surface area contributed by atoms with Crippen LogP contribution in [0.3, 0.4) is 0 Å². The predicted molar refractivity (Wildman–Crippen MR) is 139 cm³/mol. The smallest absolute Gasteiger partial charge is 0.272 e. The molecule has 5 rings (SSSR count). The van der Waals surface area contributed by atoms with Crippen LogP contribution in [-0.4, -0.2) is 51.2 Å². The molecule has 0 bridgehead atoms. The molecule has 1 fully saturated rings. The Morgan fingerprint density at radius 3 is 2.37 bits per heavy atom. The summed E-state index contributed by atoms with van der Waals surface area (Å²) in [6.07, 6.45) is 5.11. The number of fused-ring (bicyclic) bond motifs is 1. The Morgan fingerprint density at radius 1 is 1.00 bits per heavy atom. The molecule has 0 saturated carbocycles. The second kappa shape index (κ2) is 11.0. The van der Waals surface area contributed by atoms with Crippen molar-refractivity contribution in [1.29, 1.82) is 0 Å². The summed E-state index contributed by atoms with van der Waals surface area (Å²) < 4.78 is 1.97. The van der Waals surface area contributed by atoms with Crippen LogP contribution >= 0.6 is 0 Å². The number of rotatable bonds is 8. The van der Waals surface area contributed by atoms with Crippen molar-refractivity contribution in [2.45, 2.75) is 51.5 Å². The summed E-state index contributed by atoms with van der Waals surface area (Å²) in [6, 6.07) is 21.3. The number of benzene rings is 2. The monoisotopic (exact) mass is 469 g/mol. The van der Waals surface area contributed by atoms with E-state index in [4.69, 9.17) is 5.10 Å². The molecule has 3 heterocycles. The standard InChI is InChI=1S/C29H35N5O/c1-2-16-34-27-15-19-33(25-13-17-32(18-14-25)21-24-11-7-4-8-12-24)22-26(27)28(31-34)29(35)30-20-23-9-5-3-6-10-23/h2-12,25H,1,13-22H2,(H,30,35). The average Bonchev–Trinajstić information content (AvgIpc) is 3.27. The second-order valence-electron chi connectivity index (χ2n) is 9.63. The van der Waals surface area contributed by atoms with Gasteiger partial charge in [0.1, 0.15) is 0 Å². The third-order valence-electron chi connectivity index (χ3n) is 7.30. The van der Waals surface area contributed by atoms with Gasteiger partial charge in [0, 0.05) is 49.9 Å². The molecule has 6 heteroatoms. The predicted octanol–water partition coefficient (Wildman–Crippen LogP) is 4.02. The number of allylic oxidation sites excluding steroid dienone is 1. The van der Waals surface area contributed by atoms with E-state index in [0.717, 1.165) is 50.3 Å². The van der Waals surface area contributed by atoms with E-state index < -0.39 is 0 Å². The maximum Gasteiger partial charge on any atom is 0.272 e. The normalized spacial score (nSPS) is 17.1. The van der Waals surface area contributed by atoms with Crippen molar-refractivity contribution < 1.29 is 4.79 Å². The summed E-state index contributed by atoms with van der Waals surface area (Å²) in [5, 5.41) is 7.81. The van der Waals surface area contributed by atoms with Crippen LogP contribution in [0.15, 0.2) is 73.3 Å². The van der Waals surface area contributed by atoms with Gasteiger partial charge in [0.05, 0.1) is 6.54 Å². The lowest BCUT2D eigenvalue weighted by molar-refractivity contribution is 0.0906. The molecule has 1 aromatic heterocycles. The molecule has 0 spiro atoms. The number of nitrogens with zero attached hydrogens (tertiary/aromatic N) is 4. The van der Waals surface area contributed by atoms with Crippen molar-refractivity contribution in [3.05, 3.63) is 101 Å². The fourth-order valence-electron chi connectivity index (χ4n) is 5.43. The lowest BCUT2D eigenvalue weighted by Crippen LogP contribution is -2.46. The van der Waals surface area contributed by atoms with Crippen molar-refractivity contribution in [2.75, 3.05) is 19.6 Å². The van der Waals surface area contributed by atoms with E-state index in [9.17, 15) is 4.79 Å². The fraction of sp³-hybridized carbons (Fsp3) is 0.379. The van der Waals surface area contributed by atoms with Crippen molar-refractivity contribution in [1.82, 2.24) is 24.9 Å². The summed E-state index contributed by atoms with van der Waals surface area (Å²) in [6.45, 7) is 10.1. The van der Waals surface area contributed by atoms with Crippen LogP contribution in [0.2, 0.25) is 0 Å². The van der Waals surface area contributed by atoms with Gasteiger partial charge in [-0.2, -0.15) is 5.10 Å². The molecule has 2 aromatic carbocycles. The van der Waals surface area contributed by atoms with Gasteiger partial charge < -0.3 is 5.32 Å². The summed E-state index contributed by atoms with van der Waals surface area (Å²) in [5.74, 6) is -0.0903. The summed E-state index contributed by atoms with van der Waals surface area (Å²) >= 11 is 0. The van der Waals surface area contributed by atoms with E-state index in [0.29, 0.717) is 24.8 Å². The van der Waals surface area contributed by atoms with Crippen molar-refractivity contribution in [3.8, 4) is 0 Å². The van der Waals surface area contributed by atoms with Gasteiger partial charge in [-0.15, -0.1) is 6.58 Å². The second-order valence-corrected chi connectivity index (χ2v) is 9.63. The Kier molecular flexibility index (Phi) is 7.40. The quantitative estimate of drug-likeness (QED) is 0.507. The zero-order valence-corrected chi connectivity index (χ0v) is 20.4. The lowest BCUT2D eigenvalue weighted by Gasteiger charge is -2.40. The number of hydrogen-bond acceptors (Lipinski definition) is 4. The maximum absolute atomic E-state index is 13.2. The van der Waals surface area contributed by atoms with E-state index in [1.165, 1.54) is 24.1 Å². The Hall–Kier alpha value is -3.22. The van der Waals surface area contributed by atoms with Gasteiger partial charge in [0.25, 0.3) is 5.91 Å². The van der Waals surface area contributed by atoms with Crippen LogP contribution in [0, 0.1) is 0 Å². The van der Waals surface area contributed by atoms with Crippen molar-refractivity contribution >= 4 is 5.91 Å². The topological polar surface area (TPSA) is 53.4 Å². The van der Waals surface area contributed by atoms with Crippen LogP contribution in [0.4, 0.5) is 0 Å². The van der Waals surface area contributed by atoms with Gasteiger partial charge in [0.15, 0.2) is 5.69 Å². The molecule has 0 unspecified atom stereocenters. The summed E-state index contributed by atoms with van der Waals surface area (Å²) in [5.41, 5.74) is 5.32. The van der Waals surface area contributed by atoms with Gasteiger partial charge in [-0.1, -0.05) is 66.7 Å². The number of piperidine rings is 1. The number of carbonyl (C=O) groups excluding carboxylic acids is 1. The number of amides is 1. The molecule has 0 atom stereocenters.